The van der Waals surface area contributed by atoms with E-state index in [9.17, 15) is 4.79 Å². The molecule has 5 nitrogen and oxygen atoms in total. The Hall–Kier alpha value is -1.92. The average Bonchev–Trinajstić information content (AvgIpc) is 2.50. The SMILES string of the molecule is COc1cccc2c1C(C)CC(C)=C2S/C(=C/CN)NC(N)=O. The van der Waals surface area contributed by atoms with Crippen LogP contribution in [-0.4, -0.2) is 19.7 Å². The number of thioether (sulfide) groups is 1. The first-order valence-electron chi connectivity index (χ1n) is 7.49. The summed E-state index contributed by atoms with van der Waals surface area (Å²) in [5, 5.41) is 3.29. The quantitative estimate of drug-likeness (QED) is 0.772. The number of methoxy groups -OCH3 is 1. The van der Waals surface area contributed by atoms with Crippen LogP contribution in [0.4, 0.5) is 4.79 Å². The zero-order valence-electron chi connectivity index (χ0n) is 13.7. The summed E-state index contributed by atoms with van der Waals surface area (Å²) in [5.41, 5.74) is 14.5. The number of nitrogens with two attached hydrogens (primary N) is 2. The van der Waals surface area contributed by atoms with Gasteiger partial charge >= 0.3 is 6.03 Å². The van der Waals surface area contributed by atoms with Gasteiger partial charge in [-0.15, -0.1) is 0 Å². The van der Waals surface area contributed by atoms with Gasteiger partial charge in [0.15, 0.2) is 0 Å². The highest BCUT2D eigenvalue weighted by Crippen LogP contribution is 2.48. The van der Waals surface area contributed by atoms with Gasteiger partial charge in [-0.05, 0) is 37.0 Å². The highest BCUT2D eigenvalue weighted by molar-refractivity contribution is 8.11. The Morgan fingerprint density at radius 3 is 2.87 bits per heavy atom. The van der Waals surface area contributed by atoms with Crippen LogP contribution in [0.1, 0.15) is 37.3 Å². The van der Waals surface area contributed by atoms with Crippen LogP contribution < -0.4 is 21.5 Å². The summed E-state index contributed by atoms with van der Waals surface area (Å²) in [5.74, 6) is 1.28. The number of amides is 2. The molecule has 2 amide bonds. The number of carbonyl (C=O) groups is 1. The Kier molecular flexibility index (Phi) is 5.74. The first-order chi connectivity index (χ1) is 11.0. The number of rotatable bonds is 5. The van der Waals surface area contributed by atoms with Gasteiger partial charge in [0.25, 0.3) is 0 Å². The standard InChI is InChI=1S/C17H23N3O2S/c1-10-9-11(2)16(23-14(7-8-18)20-17(19)21)12-5-4-6-13(22-3)15(10)12/h4-7,10H,8-9,18H2,1-3H3,(H3,19,20,21)/b14-7+. The number of carbonyl (C=O) groups excluding carboxylic acids is 1. The number of fused-ring (bicyclic) bond motifs is 1. The monoisotopic (exact) mass is 333 g/mol. The first-order valence-corrected chi connectivity index (χ1v) is 8.31. The molecule has 1 aromatic rings. The van der Waals surface area contributed by atoms with Gasteiger partial charge in [0.2, 0.25) is 0 Å². The number of hydrogen-bond acceptors (Lipinski definition) is 4. The summed E-state index contributed by atoms with van der Waals surface area (Å²) in [6.45, 7) is 4.65. The lowest BCUT2D eigenvalue weighted by Crippen LogP contribution is -2.28. The van der Waals surface area contributed by atoms with Gasteiger partial charge in [0.1, 0.15) is 5.75 Å². The Balaban J connectivity index is 2.45. The molecule has 1 aliphatic rings. The van der Waals surface area contributed by atoms with Crippen LogP contribution in [0, 0.1) is 0 Å². The van der Waals surface area contributed by atoms with Crippen molar-refractivity contribution in [1.82, 2.24) is 5.32 Å². The minimum Gasteiger partial charge on any atom is -0.496 e. The molecule has 1 aliphatic carbocycles. The van der Waals surface area contributed by atoms with Crippen LogP contribution >= 0.6 is 11.8 Å². The van der Waals surface area contributed by atoms with Crippen LogP contribution in [0.2, 0.25) is 0 Å². The van der Waals surface area contributed by atoms with E-state index >= 15 is 0 Å². The van der Waals surface area contributed by atoms with Gasteiger partial charge in [-0.25, -0.2) is 4.79 Å². The highest BCUT2D eigenvalue weighted by Gasteiger charge is 2.26. The molecule has 124 valence electrons. The normalized spacial score (nSPS) is 17.7. The second-order valence-corrected chi connectivity index (χ2v) is 6.58. The summed E-state index contributed by atoms with van der Waals surface area (Å²) in [6.07, 6.45) is 2.70. The van der Waals surface area contributed by atoms with Crippen LogP contribution in [0.3, 0.4) is 0 Å². The molecule has 0 aliphatic heterocycles. The predicted octanol–water partition coefficient (Wildman–Crippen LogP) is 3.13. The summed E-state index contributed by atoms with van der Waals surface area (Å²) < 4.78 is 5.53. The van der Waals surface area contributed by atoms with Gasteiger partial charge < -0.3 is 21.5 Å². The molecule has 0 heterocycles. The Bertz CT molecular complexity index is 668. The van der Waals surface area contributed by atoms with Crippen molar-refractivity contribution >= 4 is 22.7 Å². The summed E-state index contributed by atoms with van der Waals surface area (Å²) in [6, 6.07) is 5.46. The average molecular weight is 333 g/mol. The number of nitrogens with one attached hydrogen (secondary N) is 1. The smallest absolute Gasteiger partial charge is 0.317 e. The van der Waals surface area contributed by atoms with E-state index in [0.717, 1.165) is 22.6 Å². The van der Waals surface area contributed by atoms with E-state index in [0.29, 0.717) is 17.5 Å². The van der Waals surface area contributed by atoms with E-state index in [1.54, 1.807) is 13.2 Å². The lowest BCUT2D eigenvalue weighted by Gasteiger charge is -2.28. The number of benzene rings is 1. The van der Waals surface area contributed by atoms with Gasteiger partial charge in [0, 0.05) is 17.0 Å². The Morgan fingerprint density at radius 2 is 2.26 bits per heavy atom. The van der Waals surface area contributed by atoms with E-state index in [2.05, 4.69) is 25.2 Å². The topological polar surface area (TPSA) is 90.4 Å². The largest absolute Gasteiger partial charge is 0.496 e. The van der Waals surface area contributed by atoms with Gasteiger partial charge in [-0.1, -0.05) is 36.4 Å². The van der Waals surface area contributed by atoms with Crippen molar-refractivity contribution in [3.8, 4) is 5.75 Å². The maximum Gasteiger partial charge on any atom is 0.317 e. The molecule has 0 aromatic heterocycles. The minimum atomic E-state index is -0.592. The molecule has 5 N–H and O–H groups in total. The van der Waals surface area contributed by atoms with Crippen molar-refractivity contribution in [3.05, 3.63) is 46.0 Å². The lowest BCUT2D eigenvalue weighted by atomic mass is 9.84. The number of urea groups is 1. The van der Waals surface area contributed by atoms with Crippen LogP contribution in [0.15, 0.2) is 34.9 Å². The van der Waals surface area contributed by atoms with E-state index in [4.69, 9.17) is 16.2 Å². The van der Waals surface area contributed by atoms with Gasteiger partial charge in [-0.2, -0.15) is 0 Å². The van der Waals surface area contributed by atoms with Crippen molar-refractivity contribution in [3.63, 3.8) is 0 Å². The number of ether oxygens (including phenoxy) is 1. The Labute approximate surface area is 141 Å². The van der Waals surface area contributed by atoms with Gasteiger partial charge in [-0.3, -0.25) is 0 Å². The molecule has 1 unspecified atom stereocenters. The zero-order chi connectivity index (χ0) is 17.0. The molecule has 6 heteroatoms. The van der Waals surface area contributed by atoms with Crippen molar-refractivity contribution in [2.24, 2.45) is 11.5 Å². The maximum atomic E-state index is 11.2. The van der Waals surface area contributed by atoms with Crippen molar-refractivity contribution in [2.45, 2.75) is 26.2 Å². The maximum absolute atomic E-state index is 11.2. The third-order valence-corrected chi connectivity index (χ3v) is 5.05. The van der Waals surface area contributed by atoms with Crippen molar-refractivity contribution in [2.75, 3.05) is 13.7 Å². The molecule has 2 rings (SSSR count). The lowest BCUT2D eigenvalue weighted by molar-refractivity contribution is 0.252. The first kappa shape index (κ1) is 17.4. The van der Waals surface area contributed by atoms with Crippen LogP contribution in [0.5, 0.6) is 5.75 Å². The van der Waals surface area contributed by atoms with E-state index in [1.807, 2.05) is 12.1 Å². The number of allylic oxidation sites excluding steroid dienone is 1. The molecule has 1 atom stereocenters. The molecule has 0 bridgehead atoms. The van der Waals surface area contributed by atoms with Crippen LogP contribution in [-0.2, 0) is 0 Å². The molecular weight excluding hydrogens is 310 g/mol. The molecule has 23 heavy (non-hydrogen) atoms. The third-order valence-electron chi connectivity index (χ3n) is 3.79. The fraction of sp³-hybridized carbons (Fsp3) is 0.353. The van der Waals surface area contributed by atoms with E-state index in [-0.39, 0.29) is 0 Å². The van der Waals surface area contributed by atoms with E-state index < -0.39 is 6.03 Å². The summed E-state index contributed by atoms with van der Waals surface area (Å²) in [7, 11) is 1.69. The third kappa shape index (κ3) is 3.89. The fourth-order valence-electron chi connectivity index (χ4n) is 2.91. The second-order valence-electron chi connectivity index (χ2n) is 5.53. The highest BCUT2D eigenvalue weighted by atomic mass is 32.2. The molecule has 1 aromatic carbocycles. The van der Waals surface area contributed by atoms with E-state index in [1.165, 1.54) is 22.9 Å². The molecular formula is C17H23N3O2S. The summed E-state index contributed by atoms with van der Waals surface area (Å²) >= 11 is 1.48. The van der Waals surface area contributed by atoms with Crippen molar-refractivity contribution < 1.29 is 9.53 Å². The zero-order valence-corrected chi connectivity index (χ0v) is 14.5. The van der Waals surface area contributed by atoms with Crippen LogP contribution in [0.25, 0.3) is 4.91 Å². The van der Waals surface area contributed by atoms with Crippen molar-refractivity contribution in [1.29, 1.82) is 0 Å². The molecule has 0 saturated carbocycles. The summed E-state index contributed by atoms with van der Waals surface area (Å²) in [4.78, 5) is 12.3. The molecule has 0 fully saturated rings. The molecule has 0 spiro atoms. The minimum absolute atomic E-state index is 0.330. The molecule has 0 radical (unpaired) electrons. The van der Waals surface area contributed by atoms with Gasteiger partial charge in [0.05, 0.1) is 12.1 Å². The predicted molar refractivity (Wildman–Crippen MR) is 96.1 cm³/mol. The number of hydrogen-bond donors (Lipinski definition) is 3. The fourth-order valence-corrected chi connectivity index (χ4v) is 4.01. The number of primary amides is 1. The Morgan fingerprint density at radius 1 is 1.52 bits per heavy atom. The molecule has 0 saturated heterocycles. The second kappa shape index (κ2) is 7.57.